The SMILES string of the molecule is Cc1cc(CN=C=O)cc(C(F)F)c1O. The lowest BCUT2D eigenvalue weighted by Gasteiger charge is -2.08. The average Bonchev–Trinajstić information content (AvgIpc) is 2.19. The largest absolute Gasteiger partial charge is 0.507 e. The van der Waals surface area contributed by atoms with E-state index in [0.717, 1.165) is 6.07 Å². The highest BCUT2D eigenvalue weighted by Gasteiger charge is 2.15. The summed E-state index contributed by atoms with van der Waals surface area (Å²) in [6.07, 6.45) is -1.42. The molecular weight excluding hydrogens is 204 g/mol. The summed E-state index contributed by atoms with van der Waals surface area (Å²) in [5.41, 5.74) is 0.346. The maximum atomic E-state index is 12.4. The van der Waals surface area contributed by atoms with E-state index < -0.39 is 17.7 Å². The lowest BCUT2D eigenvalue weighted by molar-refractivity contribution is 0.147. The number of halogens is 2. The van der Waals surface area contributed by atoms with Crippen LogP contribution >= 0.6 is 0 Å². The smallest absolute Gasteiger partial charge is 0.267 e. The van der Waals surface area contributed by atoms with Crippen molar-refractivity contribution in [3.63, 3.8) is 0 Å². The van der Waals surface area contributed by atoms with E-state index in [9.17, 15) is 18.7 Å². The molecule has 0 radical (unpaired) electrons. The van der Waals surface area contributed by atoms with Crippen molar-refractivity contribution in [3.8, 4) is 5.75 Å². The van der Waals surface area contributed by atoms with Gasteiger partial charge >= 0.3 is 0 Å². The van der Waals surface area contributed by atoms with Gasteiger partial charge in [-0.1, -0.05) is 6.07 Å². The molecule has 0 bridgehead atoms. The quantitative estimate of drug-likeness (QED) is 0.619. The van der Waals surface area contributed by atoms with Crippen LogP contribution in [-0.2, 0) is 11.3 Å². The number of hydrogen-bond acceptors (Lipinski definition) is 3. The fraction of sp³-hybridized carbons (Fsp3) is 0.300. The number of phenolic OH excluding ortho intramolecular Hbond substituents is 1. The van der Waals surface area contributed by atoms with Crippen LogP contribution in [0.3, 0.4) is 0 Å². The van der Waals surface area contributed by atoms with E-state index in [1.54, 1.807) is 0 Å². The Labute approximate surface area is 85.1 Å². The predicted octanol–water partition coefficient (Wildman–Crippen LogP) is 2.47. The lowest BCUT2D eigenvalue weighted by atomic mass is 10.1. The van der Waals surface area contributed by atoms with E-state index in [-0.39, 0.29) is 6.54 Å². The van der Waals surface area contributed by atoms with Gasteiger partial charge in [0.15, 0.2) is 0 Å². The summed E-state index contributed by atoms with van der Waals surface area (Å²) >= 11 is 0. The molecule has 0 unspecified atom stereocenters. The summed E-state index contributed by atoms with van der Waals surface area (Å²) < 4.78 is 24.9. The first-order valence-corrected chi connectivity index (χ1v) is 4.20. The molecule has 3 nitrogen and oxygen atoms in total. The number of nitrogens with zero attached hydrogens (tertiary/aromatic N) is 1. The maximum Gasteiger partial charge on any atom is 0.267 e. The summed E-state index contributed by atoms with van der Waals surface area (Å²) in [7, 11) is 0. The minimum Gasteiger partial charge on any atom is -0.507 e. The molecule has 0 aliphatic rings. The van der Waals surface area contributed by atoms with Gasteiger partial charge < -0.3 is 5.11 Å². The van der Waals surface area contributed by atoms with Crippen molar-refractivity contribution in [2.45, 2.75) is 19.9 Å². The summed E-state index contributed by atoms with van der Waals surface area (Å²) in [6, 6.07) is 2.63. The molecule has 1 N–H and O–H groups in total. The number of carbonyl (C=O) groups excluding carboxylic acids is 1. The van der Waals surface area contributed by atoms with Crippen LogP contribution in [0.15, 0.2) is 17.1 Å². The van der Waals surface area contributed by atoms with Crippen LogP contribution in [-0.4, -0.2) is 11.2 Å². The van der Waals surface area contributed by atoms with Crippen LogP contribution in [0.2, 0.25) is 0 Å². The minimum absolute atomic E-state index is 0.00958. The zero-order valence-corrected chi connectivity index (χ0v) is 8.00. The number of aliphatic imine (C=N–C) groups is 1. The van der Waals surface area contributed by atoms with Gasteiger partial charge in [-0.15, -0.1) is 0 Å². The number of alkyl halides is 2. The first-order chi connectivity index (χ1) is 7.06. The molecule has 0 saturated carbocycles. The van der Waals surface area contributed by atoms with Crippen molar-refractivity contribution in [1.82, 2.24) is 0 Å². The summed E-state index contributed by atoms with van der Waals surface area (Å²) in [5.74, 6) is -0.413. The Morgan fingerprint density at radius 1 is 1.53 bits per heavy atom. The molecule has 0 spiro atoms. The monoisotopic (exact) mass is 213 g/mol. The van der Waals surface area contributed by atoms with Crippen molar-refractivity contribution < 1.29 is 18.7 Å². The van der Waals surface area contributed by atoms with Crippen molar-refractivity contribution in [3.05, 3.63) is 28.8 Å². The van der Waals surface area contributed by atoms with Crippen molar-refractivity contribution in [2.24, 2.45) is 4.99 Å². The minimum atomic E-state index is -2.75. The molecule has 1 aromatic rings. The zero-order valence-electron chi connectivity index (χ0n) is 8.00. The van der Waals surface area contributed by atoms with Gasteiger partial charge in [0.25, 0.3) is 6.43 Å². The number of hydrogen-bond donors (Lipinski definition) is 1. The summed E-state index contributed by atoms with van der Waals surface area (Å²) in [5, 5.41) is 9.33. The zero-order chi connectivity index (χ0) is 11.4. The van der Waals surface area contributed by atoms with Crippen LogP contribution in [0, 0.1) is 6.92 Å². The number of aromatic hydroxyl groups is 1. The topological polar surface area (TPSA) is 49.7 Å². The maximum absolute atomic E-state index is 12.4. The van der Waals surface area contributed by atoms with Crippen molar-refractivity contribution in [2.75, 3.05) is 0 Å². The highest BCUT2D eigenvalue weighted by molar-refractivity contribution is 5.44. The molecule has 0 aliphatic carbocycles. The average molecular weight is 213 g/mol. The van der Waals surface area contributed by atoms with Gasteiger partial charge in [-0.2, -0.15) is 0 Å². The standard InChI is InChI=1S/C10H9F2NO2/c1-6-2-7(4-13-5-14)3-8(9(6)15)10(11)12/h2-3,10,15H,4H2,1H3. The molecule has 15 heavy (non-hydrogen) atoms. The molecule has 0 aliphatic heterocycles. The molecule has 0 aromatic heterocycles. The predicted molar refractivity (Wildman–Crippen MR) is 49.6 cm³/mol. The van der Waals surface area contributed by atoms with Crippen LogP contribution < -0.4 is 0 Å². The fourth-order valence-electron chi connectivity index (χ4n) is 1.27. The molecule has 1 rings (SSSR count). The van der Waals surface area contributed by atoms with Crippen LogP contribution in [0.1, 0.15) is 23.1 Å². The van der Waals surface area contributed by atoms with Gasteiger partial charge in [-0.25, -0.2) is 18.6 Å². The second-order valence-electron chi connectivity index (χ2n) is 3.06. The van der Waals surface area contributed by atoms with E-state index in [0.29, 0.717) is 11.1 Å². The molecule has 0 fully saturated rings. The van der Waals surface area contributed by atoms with Gasteiger partial charge in [0.1, 0.15) is 5.75 Å². The van der Waals surface area contributed by atoms with Gasteiger partial charge in [-0.05, 0) is 24.1 Å². The Morgan fingerprint density at radius 2 is 2.20 bits per heavy atom. The van der Waals surface area contributed by atoms with Gasteiger partial charge in [0, 0.05) is 0 Å². The number of isocyanates is 1. The van der Waals surface area contributed by atoms with Crippen molar-refractivity contribution >= 4 is 6.08 Å². The number of phenols is 1. The Balaban J connectivity index is 3.16. The Hall–Kier alpha value is -1.74. The van der Waals surface area contributed by atoms with E-state index in [1.165, 1.54) is 19.1 Å². The first-order valence-electron chi connectivity index (χ1n) is 4.20. The van der Waals surface area contributed by atoms with E-state index in [1.807, 2.05) is 0 Å². The third-order valence-electron chi connectivity index (χ3n) is 1.95. The molecule has 0 atom stereocenters. The van der Waals surface area contributed by atoms with Gasteiger partial charge in [0.2, 0.25) is 6.08 Å². The van der Waals surface area contributed by atoms with E-state index in [2.05, 4.69) is 4.99 Å². The first kappa shape index (κ1) is 11.3. The molecule has 0 saturated heterocycles. The van der Waals surface area contributed by atoms with Gasteiger partial charge in [-0.3, -0.25) is 0 Å². The fourth-order valence-corrected chi connectivity index (χ4v) is 1.27. The Kier molecular flexibility index (Phi) is 3.52. The van der Waals surface area contributed by atoms with Gasteiger partial charge in [0.05, 0.1) is 12.1 Å². The van der Waals surface area contributed by atoms with Crippen LogP contribution in [0.4, 0.5) is 8.78 Å². The second-order valence-corrected chi connectivity index (χ2v) is 3.06. The molecule has 80 valence electrons. The molecule has 5 heteroatoms. The number of rotatable bonds is 3. The Morgan fingerprint density at radius 3 is 2.73 bits per heavy atom. The molecule has 0 amide bonds. The van der Waals surface area contributed by atoms with Crippen LogP contribution in [0.25, 0.3) is 0 Å². The highest BCUT2D eigenvalue weighted by atomic mass is 19.3. The normalized spacial score (nSPS) is 10.1. The van der Waals surface area contributed by atoms with Crippen molar-refractivity contribution in [1.29, 1.82) is 0 Å². The van der Waals surface area contributed by atoms with Crippen LogP contribution in [0.5, 0.6) is 5.75 Å². The molecular formula is C10H9F2NO2. The van der Waals surface area contributed by atoms with E-state index >= 15 is 0 Å². The summed E-state index contributed by atoms with van der Waals surface area (Å²) in [4.78, 5) is 13.1. The van der Waals surface area contributed by atoms with E-state index in [4.69, 9.17) is 0 Å². The number of benzene rings is 1. The second kappa shape index (κ2) is 4.66. The lowest BCUT2D eigenvalue weighted by Crippen LogP contribution is -1.92. The highest BCUT2D eigenvalue weighted by Crippen LogP contribution is 2.32. The molecule has 1 aromatic carbocycles. The Bertz CT molecular complexity index is 412. The third-order valence-corrected chi connectivity index (χ3v) is 1.95. The third kappa shape index (κ3) is 2.60. The number of aryl methyl sites for hydroxylation is 1. The summed E-state index contributed by atoms with van der Waals surface area (Å²) in [6.45, 7) is 1.50. The molecule has 0 heterocycles.